The molecule has 0 radical (unpaired) electrons. The molecule has 0 bridgehead atoms. The van der Waals surface area contributed by atoms with E-state index in [0.717, 1.165) is 16.8 Å². The zero-order chi connectivity index (χ0) is 22.0. The Morgan fingerprint density at radius 2 is 1.65 bits per heavy atom. The first-order valence-electron chi connectivity index (χ1n) is 10.5. The van der Waals surface area contributed by atoms with E-state index in [1.54, 1.807) is 11.0 Å². The van der Waals surface area contributed by atoms with Gasteiger partial charge in [0.2, 0.25) is 0 Å². The zero-order valence-corrected chi connectivity index (χ0v) is 18.6. The van der Waals surface area contributed by atoms with E-state index in [-0.39, 0.29) is 0 Å². The minimum Gasteiger partial charge on any atom is -0.368 e. The molecule has 1 fully saturated rings. The zero-order valence-electron chi connectivity index (χ0n) is 17.8. The Kier molecular flexibility index (Phi) is 6.14. The van der Waals surface area contributed by atoms with Crippen LogP contribution in [-0.2, 0) is 11.3 Å². The van der Waals surface area contributed by atoms with Crippen LogP contribution in [-0.4, -0.2) is 47.3 Å². The molecule has 160 valence electrons. The van der Waals surface area contributed by atoms with Crippen LogP contribution < -0.4 is 4.90 Å². The number of aryl methyl sites for hydroxylation is 2. The van der Waals surface area contributed by atoms with E-state index in [9.17, 15) is 9.59 Å². The topological polar surface area (TPSA) is 45.6 Å². The molecular formula is C25H26ClN3O2. The fourth-order valence-corrected chi connectivity index (χ4v) is 4.14. The molecule has 5 nitrogen and oxygen atoms in total. The number of hydrogen-bond acceptors (Lipinski definition) is 3. The third-order valence-electron chi connectivity index (χ3n) is 5.81. The first-order valence-corrected chi connectivity index (χ1v) is 10.9. The quantitative estimate of drug-likeness (QED) is 0.442. The van der Waals surface area contributed by atoms with Crippen LogP contribution in [0, 0.1) is 13.8 Å². The van der Waals surface area contributed by atoms with Crippen molar-refractivity contribution in [1.29, 1.82) is 0 Å². The van der Waals surface area contributed by atoms with Gasteiger partial charge in [-0.25, -0.2) is 0 Å². The summed E-state index contributed by atoms with van der Waals surface area (Å²) in [6.45, 7) is 7.01. The molecule has 6 heteroatoms. The van der Waals surface area contributed by atoms with Gasteiger partial charge in [0.15, 0.2) is 0 Å². The van der Waals surface area contributed by atoms with Crippen molar-refractivity contribution < 1.29 is 9.59 Å². The van der Waals surface area contributed by atoms with Crippen molar-refractivity contribution >= 4 is 29.0 Å². The van der Waals surface area contributed by atoms with Crippen molar-refractivity contribution in [3.8, 4) is 0 Å². The van der Waals surface area contributed by atoms with E-state index in [2.05, 4.69) is 11.8 Å². The Labute approximate surface area is 187 Å². The van der Waals surface area contributed by atoms with E-state index in [4.69, 9.17) is 11.6 Å². The summed E-state index contributed by atoms with van der Waals surface area (Å²) < 4.78 is 1.84. The van der Waals surface area contributed by atoms with Crippen LogP contribution in [0.5, 0.6) is 0 Å². The molecule has 31 heavy (non-hydrogen) atoms. The number of ketones is 1. The van der Waals surface area contributed by atoms with Gasteiger partial charge in [-0.3, -0.25) is 9.59 Å². The average Bonchev–Trinajstić information content (AvgIpc) is 3.24. The summed E-state index contributed by atoms with van der Waals surface area (Å²) >= 11 is 6.16. The van der Waals surface area contributed by atoms with Crippen LogP contribution in [0.2, 0.25) is 5.02 Å². The molecule has 3 aromatic rings. The van der Waals surface area contributed by atoms with Crippen molar-refractivity contribution in [1.82, 2.24) is 9.47 Å². The van der Waals surface area contributed by atoms with E-state index >= 15 is 0 Å². The molecule has 0 atom stereocenters. The number of carbonyl (C=O) groups excluding carboxylic acids is 2. The number of aromatic nitrogens is 1. The first-order chi connectivity index (χ1) is 14.9. The monoisotopic (exact) mass is 435 g/mol. The van der Waals surface area contributed by atoms with E-state index in [0.29, 0.717) is 43.4 Å². The lowest BCUT2D eigenvalue weighted by Gasteiger charge is -2.36. The molecular weight excluding hydrogens is 410 g/mol. The summed E-state index contributed by atoms with van der Waals surface area (Å²) in [5.41, 5.74) is 4.94. The Bertz CT molecular complexity index is 1100. The van der Waals surface area contributed by atoms with Gasteiger partial charge in [-0.2, -0.15) is 0 Å². The molecule has 0 aliphatic carbocycles. The summed E-state index contributed by atoms with van der Waals surface area (Å²) in [5, 5.41) is 0.698. The van der Waals surface area contributed by atoms with E-state index in [1.807, 2.05) is 66.2 Å². The molecule has 0 saturated carbocycles. The summed E-state index contributed by atoms with van der Waals surface area (Å²) in [4.78, 5) is 29.8. The molecule has 2 heterocycles. The molecule has 1 aromatic heterocycles. The molecule has 0 spiro atoms. The van der Waals surface area contributed by atoms with Gasteiger partial charge in [-0.05, 0) is 49.2 Å². The Balaban J connectivity index is 1.42. The molecule has 1 saturated heterocycles. The highest BCUT2D eigenvalue weighted by atomic mass is 35.5. The number of amides is 1. The van der Waals surface area contributed by atoms with Gasteiger partial charge >= 0.3 is 0 Å². The summed E-state index contributed by atoms with van der Waals surface area (Å²) in [6.07, 6.45) is 1.85. The molecule has 1 aliphatic rings. The van der Waals surface area contributed by atoms with Crippen LogP contribution in [0.1, 0.15) is 27.2 Å². The summed E-state index contributed by atoms with van der Waals surface area (Å²) in [6, 6.07) is 17.6. The number of benzene rings is 2. The lowest BCUT2D eigenvalue weighted by molar-refractivity contribution is -0.126. The SMILES string of the molecule is Cc1ccc(Cn2cccc2C(=O)C(=O)N2CCN(c3cc(Cl)ccc3C)CC2)cc1. The third kappa shape index (κ3) is 4.67. The first kappa shape index (κ1) is 21.2. The van der Waals surface area contributed by atoms with Crippen molar-refractivity contribution in [2.45, 2.75) is 20.4 Å². The predicted octanol–water partition coefficient (Wildman–Crippen LogP) is 4.34. The Hall–Kier alpha value is -3.05. The van der Waals surface area contributed by atoms with E-state index < -0.39 is 11.7 Å². The minimum atomic E-state index is -0.454. The van der Waals surface area contributed by atoms with Crippen molar-refractivity contribution in [2.24, 2.45) is 0 Å². The van der Waals surface area contributed by atoms with Crippen molar-refractivity contribution in [3.05, 3.63) is 88.2 Å². The van der Waals surface area contributed by atoms with Gasteiger partial charge in [0.1, 0.15) is 0 Å². The van der Waals surface area contributed by atoms with Gasteiger partial charge < -0.3 is 14.4 Å². The number of nitrogens with zero attached hydrogens (tertiary/aromatic N) is 3. The van der Waals surface area contributed by atoms with Gasteiger partial charge in [0, 0.05) is 49.6 Å². The maximum Gasteiger partial charge on any atom is 0.296 e. The molecule has 0 N–H and O–H groups in total. The molecule has 4 rings (SSSR count). The van der Waals surface area contributed by atoms with E-state index in [1.165, 1.54) is 5.56 Å². The maximum atomic E-state index is 13.0. The Morgan fingerprint density at radius 3 is 2.35 bits per heavy atom. The molecule has 2 aromatic carbocycles. The summed E-state index contributed by atoms with van der Waals surface area (Å²) in [7, 11) is 0. The molecule has 1 amide bonds. The number of anilines is 1. The third-order valence-corrected chi connectivity index (χ3v) is 6.04. The second-order valence-electron chi connectivity index (χ2n) is 8.05. The number of Topliss-reactive ketones (excluding diaryl/α,β-unsaturated/α-hetero) is 1. The smallest absolute Gasteiger partial charge is 0.296 e. The van der Waals surface area contributed by atoms with Gasteiger partial charge in [-0.1, -0.05) is 47.5 Å². The lowest BCUT2D eigenvalue weighted by Crippen LogP contribution is -2.51. The molecule has 1 aliphatic heterocycles. The fraction of sp³-hybridized carbons (Fsp3) is 0.280. The van der Waals surface area contributed by atoms with Crippen LogP contribution in [0.3, 0.4) is 0 Å². The standard InChI is InChI=1S/C25H26ClN3O2/c1-18-5-8-20(9-6-18)17-29-11-3-4-22(29)24(30)25(31)28-14-12-27(13-15-28)23-16-21(26)10-7-19(23)2/h3-11,16H,12-15,17H2,1-2H3. The van der Waals surface area contributed by atoms with Gasteiger partial charge in [-0.15, -0.1) is 0 Å². The number of hydrogen-bond donors (Lipinski definition) is 0. The van der Waals surface area contributed by atoms with Crippen molar-refractivity contribution in [2.75, 3.05) is 31.1 Å². The lowest BCUT2D eigenvalue weighted by atomic mass is 10.1. The van der Waals surface area contributed by atoms with Crippen molar-refractivity contribution in [3.63, 3.8) is 0 Å². The number of halogens is 1. The highest BCUT2D eigenvalue weighted by Gasteiger charge is 2.28. The minimum absolute atomic E-state index is 0.429. The molecule has 0 unspecified atom stereocenters. The van der Waals surface area contributed by atoms with Crippen LogP contribution in [0.15, 0.2) is 60.8 Å². The highest BCUT2D eigenvalue weighted by Crippen LogP contribution is 2.25. The highest BCUT2D eigenvalue weighted by molar-refractivity contribution is 6.42. The predicted molar refractivity (Wildman–Crippen MR) is 124 cm³/mol. The second kappa shape index (κ2) is 8.98. The summed E-state index contributed by atoms with van der Waals surface area (Å²) in [5.74, 6) is -0.893. The second-order valence-corrected chi connectivity index (χ2v) is 8.48. The van der Waals surface area contributed by atoms with Gasteiger partial charge in [0.25, 0.3) is 11.7 Å². The maximum absolute atomic E-state index is 13.0. The average molecular weight is 436 g/mol. The number of carbonyl (C=O) groups is 2. The number of rotatable bonds is 5. The normalized spacial score (nSPS) is 14.0. The fourth-order valence-electron chi connectivity index (χ4n) is 3.98. The van der Waals surface area contributed by atoms with Crippen LogP contribution in [0.4, 0.5) is 5.69 Å². The van der Waals surface area contributed by atoms with Crippen LogP contribution in [0.25, 0.3) is 0 Å². The van der Waals surface area contributed by atoms with Crippen LogP contribution >= 0.6 is 11.6 Å². The largest absolute Gasteiger partial charge is 0.368 e. The number of piperazine rings is 1. The Morgan fingerprint density at radius 1 is 0.935 bits per heavy atom. The van der Waals surface area contributed by atoms with Gasteiger partial charge in [0.05, 0.1) is 5.69 Å².